The minimum Gasteiger partial charge on any atom is -0.494 e. The molecule has 0 bridgehead atoms. The number of hydrogen-bond acceptors (Lipinski definition) is 3. The fraction of sp³-hybridized carbons (Fsp3) is 0.714. The third kappa shape index (κ3) is 3.22. The smallest absolute Gasteiger partial charge is 0.121 e. The van der Waals surface area contributed by atoms with Crippen LogP contribution in [0.25, 0.3) is 0 Å². The van der Waals surface area contributed by atoms with E-state index in [4.69, 9.17) is 4.74 Å². The average molecular weight is 331 g/mol. The molecule has 0 radical (unpaired) electrons. The predicted octanol–water partition coefficient (Wildman–Crippen LogP) is 5.43. The molecule has 2 aliphatic rings. The van der Waals surface area contributed by atoms with E-state index in [2.05, 4.69) is 62.6 Å². The van der Waals surface area contributed by atoms with Gasteiger partial charge in [0.25, 0.3) is 0 Å². The quantitative estimate of drug-likeness (QED) is 0.662. The second kappa shape index (κ2) is 7.25. The Morgan fingerprint density at radius 3 is 2.46 bits per heavy atom. The van der Waals surface area contributed by atoms with E-state index in [1.54, 1.807) is 0 Å². The molecule has 24 heavy (non-hydrogen) atoms. The molecule has 2 atom stereocenters. The molecule has 3 heteroatoms. The summed E-state index contributed by atoms with van der Waals surface area (Å²) in [6, 6.07) is 7.74. The van der Waals surface area contributed by atoms with Crippen molar-refractivity contribution in [3.63, 3.8) is 0 Å². The maximum Gasteiger partial charge on any atom is 0.121 e. The van der Waals surface area contributed by atoms with E-state index in [1.165, 1.54) is 37.1 Å². The highest BCUT2D eigenvalue weighted by atomic mass is 16.5. The predicted molar refractivity (Wildman–Crippen MR) is 103 cm³/mol. The minimum atomic E-state index is 0.413. The summed E-state index contributed by atoms with van der Waals surface area (Å²) in [5, 5.41) is 0. The van der Waals surface area contributed by atoms with Gasteiger partial charge in [-0.3, -0.25) is 0 Å². The highest BCUT2D eigenvalue weighted by Crippen LogP contribution is 2.45. The van der Waals surface area contributed by atoms with Crippen molar-refractivity contribution >= 4 is 11.4 Å². The van der Waals surface area contributed by atoms with Crippen molar-refractivity contribution in [2.45, 2.75) is 85.0 Å². The van der Waals surface area contributed by atoms with Crippen LogP contribution in [0.1, 0.15) is 66.7 Å². The molecular formula is C21H34N2O. The standard InChI is InChI=1S/C21H34N2O/c1-6-12-24-19-10-11-20-21(14-19)23(17(5)22(20)15(2)3)16(4)13-18-8-7-9-18/h10-11,14-18H,6-9,12-13H2,1-5H3. The SMILES string of the molecule is CCCOc1ccc2c(c1)N(C(C)CC1CCC1)C(C)N2C(C)C. The molecule has 0 aromatic heterocycles. The summed E-state index contributed by atoms with van der Waals surface area (Å²) in [7, 11) is 0. The highest BCUT2D eigenvalue weighted by molar-refractivity contribution is 5.79. The molecule has 0 saturated heterocycles. The maximum absolute atomic E-state index is 5.91. The van der Waals surface area contributed by atoms with Gasteiger partial charge in [0.1, 0.15) is 5.75 Å². The van der Waals surface area contributed by atoms with Crippen LogP contribution in [0.5, 0.6) is 5.75 Å². The van der Waals surface area contributed by atoms with E-state index in [-0.39, 0.29) is 0 Å². The first-order valence-corrected chi connectivity index (χ1v) is 9.86. The number of fused-ring (bicyclic) bond motifs is 1. The number of nitrogens with zero attached hydrogens (tertiary/aromatic N) is 2. The van der Waals surface area contributed by atoms with Gasteiger partial charge in [-0.2, -0.15) is 0 Å². The number of rotatable bonds is 7. The van der Waals surface area contributed by atoms with Crippen LogP contribution in [0.2, 0.25) is 0 Å². The summed E-state index contributed by atoms with van der Waals surface area (Å²) in [4.78, 5) is 5.18. The summed E-state index contributed by atoms with van der Waals surface area (Å²) in [5.41, 5.74) is 2.72. The van der Waals surface area contributed by atoms with E-state index in [0.29, 0.717) is 18.2 Å². The molecule has 1 aliphatic carbocycles. The molecule has 1 aromatic rings. The molecule has 134 valence electrons. The number of ether oxygens (including phenoxy) is 1. The number of anilines is 2. The van der Waals surface area contributed by atoms with E-state index in [1.807, 2.05) is 0 Å². The molecule has 1 aromatic carbocycles. The van der Waals surface area contributed by atoms with Gasteiger partial charge in [-0.1, -0.05) is 26.2 Å². The molecule has 0 spiro atoms. The lowest BCUT2D eigenvalue weighted by atomic mass is 9.81. The fourth-order valence-corrected chi connectivity index (χ4v) is 4.41. The Balaban J connectivity index is 1.88. The van der Waals surface area contributed by atoms with E-state index in [9.17, 15) is 0 Å². The zero-order chi connectivity index (χ0) is 17.3. The van der Waals surface area contributed by atoms with Crippen molar-refractivity contribution in [3.05, 3.63) is 18.2 Å². The Hall–Kier alpha value is -1.38. The van der Waals surface area contributed by atoms with Crippen molar-refractivity contribution in [1.82, 2.24) is 0 Å². The molecule has 1 fully saturated rings. The zero-order valence-electron chi connectivity index (χ0n) is 16.1. The second-order valence-electron chi connectivity index (χ2n) is 7.92. The van der Waals surface area contributed by atoms with Crippen LogP contribution in [0.15, 0.2) is 18.2 Å². The molecule has 1 aliphatic heterocycles. The van der Waals surface area contributed by atoms with Gasteiger partial charge in [-0.05, 0) is 58.6 Å². The van der Waals surface area contributed by atoms with Crippen molar-refractivity contribution in [3.8, 4) is 5.75 Å². The molecule has 2 unspecified atom stereocenters. The largest absolute Gasteiger partial charge is 0.494 e. The third-order valence-electron chi connectivity index (χ3n) is 5.71. The van der Waals surface area contributed by atoms with Crippen LogP contribution in [0, 0.1) is 5.92 Å². The average Bonchev–Trinajstić information content (AvgIpc) is 2.80. The molecular weight excluding hydrogens is 296 g/mol. The summed E-state index contributed by atoms with van der Waals surface area (Å²) in [6.07, 6.45) is 7.05. The summed E-state index contributed by atoms with van der Waals surface area (Å²) >= 11 is 0. The van der Waals surface area contributed by atoms with Gasteiger partial charge < -0.3 is 14.5 Å². The Bertz CT molecular complexity index is 553. The Kier molecular flexibility index (Phi) is 5.27. The minimum absolute atomic E-state index is 0.413. The lowest BCUT2D eigenvalue weighted by Gasteiger charge is -2.39. The lowest BCUT2D eigenvalue weighted by molar-refractivity contribution is 0.273. The van der Waals surface area contributed by atoms with E-state index >= 15 is 0 Å². The van der Waals surface area contributed by atoms with Crippen molar-refractivity contribution in [1.29, 1.82) is 0 Å². The van der Waals surface area contributed by atoms with Crippen molar-refractivity contribution < 1.29 is 4.74 Å². The van der Waals surface area contributed by atoms with Gasteiger partial charge in [0.05, 0.1) is 24.1 Å². The zero-order valence-corrected chi connectivity index (χ0v) is 16.1. The first kappa shape index (κ1) is 17.4. The fourth-order valence-electron chi connectivity index (χ4n) is 4.41. The number of hydrogen-bond donors (Lipinski definition) is 0. The normalized spacial score (nSPS) is 21.8. The van der Waals surface area contributed by atoms with Crippen LogP contribution in [0.3, 0.4) is 0 Å². The van der Waals surface area contributed by atoms with Gasteiger partial charge in [0, 0.05) is 18.2 Å². The summed E-state index contributed by atoms with van der Waals surface area (Å²) < 4.78 is 5.91. The van der Waals surface area contributed by atoms with Gasteiger partial charge >= 0.3 is 0 Å². The molecule has 0 N–H and O–H groups in total. The van der Waals surface area contributed by atoms with Crippen LogP contribution in [0.4, 0.5) is 11.4 Å². The number of benzene rings is 1. The van der Waals surface area contributed by atoms with Crippen LogP contribution in [-0.4, -0.2) is 24.9 Å². The Morgan fingerprint density at radius 1 is 1.12 bits per heavy atom. The molecule has 3 nitrogen and oxygen atoms in total. The summed E-state index contributed by atoms with van der Waals surface area (Å²) in [5.74, 6) is 1.94. The van der Waals surface area contributed by atoms with Crippen molar-refractivity contribution in [2.75, 3.05) is 16.4 Å². The molecule has 3 rings (SSSR count). The molecule has 1 saturated carbocycles. The Morgan fingerprint density at radius 2 is 1.88 bits per heavy atom. The third-order valence-corrected chi connectivity index (χ3v) is 5.71. The first-order valence-electron chi connectivity index (χ1n) is 9.86. The molecule has 0 amide bonds. The van der Waals surface area contributed by atoms with Crippen LogP contribution < -0.4 is 14.5 Å². The second-order valence-corrected chi connectivity index (χ2v) is 7.92. The summed E-state index contributed by atoms with van der Waals surface area (Å²) in [6.45, 7) is 12.3. The Labute approximate surface area is 148 Å². The lowest BCUT2D eigenvalue weighted by Crippen LogP contribution is -2.48. The van der Waals surface area contributed by atoms with Gasteiger partial charge in [-0.15, -0.1) is 0 Å². The van der Waals surface area contributed by atoms with Gasteiger partial charge in [0.2, 0.25) is 0 Å². The highest BCUT2D eigenvalue weighted by Gasteiger charge is 2.38. The first-order chi connectivity index (χ1) is 11.5. The van der Waals surface area contributed by atoms with Crippen LogP contribution >= 0.6 is 0 Å². The van der Waals surface area contributed by atoms with E-state index < -0.39 is 0 Å². The van der Waals surface area contributed by atoms with Crippen LogP contribution in [-0.2, 0) is 0 Å². The van der Waals surface area contributed by atoms with E-state index in [0.717, 1.165) is 24.7 Å². The monoisotopic (exact) mass is 330 g/mol. The van der Waals surface area contributed by atoms with Crippen molar-refractivity contribution in [2.24, 2.45) is 5.92 Å². The molecule has 1 heterocycles. The van der Waals surface area contributed by atoms with Gasteiger partial charge in [-0.25, -0.2) is 0 Å². The van der Waals surface area contributed by atoms with Gasteiger partial charge in [0.15, 0.2) is 0 Å². The topological polar surface area (TPSA) is 15.7 Å². The maximum atomic E-state index is 5.91.